The monoisotopic (exact) mass is 469 g/mol. The molecular weight excluding hydrogens is 442 g/mol. The van der Waals surface area contributed by atoms with Crippen molar-refractivity contribution in [2.45, 2.75) is 50.0 Å². The SMILES string of the molecule is COc1ccc(OC)c(NC(=O)CSc2nc(C3CC3)nc3sc4c(c23)CC[C@@H](C)C4)c1. The Morgan fingerprint density at radius 3 is 2.81 bits per heavy atom. The molecule has 1 aromatic carbocycles. The van der Waals surface area contributed by atoms with E-state index in [1.165, 1.54) is 34.0 Å². The van der Waals surface area contributed by atoms with Gasteiger partial charge < -0.3 is 14.8 Å². The number of fused-ring (bicyclic) bond motifs is 3. The number of anilines is 1. The highest BCUT2D eigenvalue weighted by atomic mass is 32.2. The molecule has 168 valence electrons. The fraction of sp³-hybridized carbons (Fsp3) is 0.458. The minimum absolute atomic E-state index is 0.0981. The first-order valence-electron chi connectivity index (χ1n) is 11.0. The zero-order valence-corrected chi connectivity index (χ0v) is 20.2. The second-order valence-corrected chi connectivity index (χ2v) is 10.6. The molecule has 0 spiro atoms. The number of thiophene rings is 1. The lowest BCUT2D eigenvalue weighted by Crippen LogP contribution is -2.15. The number of ether oxygens (including phenoxy) is 2. The van der Waals surface area contributed by atoms with Crippen LogP contribution in [0.3, 0.4) is 0 Å². The summed E-state index contributed by atoms with van der Waals surface area (Å²) in [6.45, 7) is 2.32. The van der Waals surface area contributed by atoms with Crippen LogP contribution in [0, 0.1) is 5.92 Å². The first-order valence-corrected chi connectivity index (χ1v) is 12.8. The molecule has 1 N–H and O–H groups in total. The van der Waals surface area contributed by atoms with Crippen LogP contribution in [0.4, 0.5) is 5.69 Å². The van der Waals surface area contributed by atoms with Crippen LogP contribution in [0.2, 0.25) is 0 Å². The third kappa shape index (κ3) is 4.30. The molecule has 0 radical (unpaired) electrons. The predicted octanol–water partition coefficient (Wildman–Crippen LogP) is 5.44. The molecule has 3 aromatic rings. The summed E-state index contributed by atoms with van der Waals surface area (Å²) in [6, 6.07) is 5.36. The number of aromatic nitrogens is 2. The van der Waals surface area contributed by atoms with E-state index < -0.39 is 0 Å². The number of nitrogens with one attached hydrogen (secondary N) is 1. The van der Waals surface area contributed by atoms with Crippen LogP contribution >= 0.6 is 23.1 Å². The summed E-state index contributed by atoms with van der Waals surface area (Å²) in [5, 5.41) is 5.09. The number of thioether (sulfide) groups is 1. The number of aryl methyl sites for hydroxylation is 1. The number of hydrogen-bond donors (Lipinski definition) is 1. The van der Waals surface area contributed by atoms with Crippen LogP contribution in [0.1, 0.15) is 48.4 Å². The van der Waals surface area contributed by atoms with Gasteiger partial charge in [0.1, 0.15) is 27.2 Å². The molecule has 0 aliphatic heterocycles. The molecule has 0 bridgehead atoms. The van der Waals surface area contributed by atoms with E-state index in [0.717, 1.165) is 41.4 Å². The Kier molecular flexibility index (Phi) is 5.99. The van der Waals surface area contributed by atoms with Gasteiger partial charge >= 0.3 is 0 Å². The lowest BCUT2D eigenvalue weighted by Gasteiger charge is -2.18. The molecule has 0 unspecified atom stereocenters. The van der Waals surface area contributed by atoms with E-state index >= 15 is 0 Å². The molecule has 1 atom stereocenters. The van der Waals surface area contributed by atoms with Gasteiger partial charge in [-0.3, -0.25) is 4.79 Å². The molecule has 2 aromatic heterocycles. The lowest BCUT2D eigenvalue weighted by atomic mass is 9.89. The number of carbonyl (C=O) groups is 1. The van der Waals surface area contributed by atoms with Gasteiger partial charge in [0.15, 0.2) is 0 Å². The largest absolute Gasteiger partial charge is 0.497 e. The summed E-state index contributed by atoms with van der Waals surface area (Å²) in [4.78, 5) is 25.2. The Morgan fingerprint density at radius 1 is 1.22 bits per heavy atom. The van der Waals surface area contributed by atoms with Gasteiger partial charge in [-0.25, -0.2) is 9.97 Å². The minimum atomic E-state index is -0.0981. The van der Waals surface area contributed by atoms with E-state index in [0.29, 0.717) is 29.0 Å². The predicted molar refractivity (Wildman–Crippen MR) is 129 cm³/mol. The van der Waals surface area contributed by atoms with Crippen LogP contribution in [-0.2, 0) is 17.6 Å². The van der Waals surface area contributed by atoms with Gasteiger partial charge in [-0.15, -0.1) is 11.3 Å². The maximum Gasteiger partial charge on any atom is 0.234 e. The molecule has 2 heterocycles. The molecule has 0 saturated heterocycles. The van der Waals surface area contributed by atoms with Gasteiger partial charge in [0.25, 0.3) is 0 Å². The fourth-order valence-corrected chi connectivity index (χ4v) is 6.50. The van der Waals surface area contributed by atoms with Crippen LogP contribution in [-0.4, -0.2) is 35.8 Å². The number of benzene rings is 1. The average Bonchev–Trinajstić information content (AvgIpc) is 3.58. The summed E-state index contributed by atoms with van der Waals surface area (Å²) < 4.78 is 10.7. The topological polar surface area (TPSA) is 73.3 Å². The quantitative estimate of drug-likeness (QED) is 0.367. The molecule has 1 amide bonds. The van der Waals surface area contributed by atoms with Crippen LogP contribution in [0.25, 0.3) is 10.2 Å². The van der Waals surface area contributed by atoms with Crippen molar-refractivity contribution in [2.24, 2.45) is 5.92 Å². The number of hydrogen-bond acceptors (Lipinski definition) is 7. The highest BCUT2D eigenvalue weighted by molar-refractivity contribution is 8.00. The Labute approximate surface area is 196 Å². The summed E-state index contributed by atoms with van der Waals surface area (Å²) in [5.41, 5.74) is 2.01. The van der Waals surface area contributed by atoms with Gasteiger partial charge in [-0.05, 0) is 55.7 Å². The average molecular weight is 470 g/mol. The zero-order chi connectivity index (χ0) is 22.2. The number of nitrogens with zero attached hydrogens (tertiary/aromatic N) is 2. The molecule has 1 saturated carbocycles. The van der Waals surface area contributed by atoms with Crippen LogP contribution in [0.5, 0.6) is 11.5 Å². The van der Waals surface area contributed by atoms with E-state index in [-0.39, 0.29) is 11.7 Å². The van der Waals surface area contributed by atoms with E-state index in [2.05, 4.69) is 12.2 Å². The van der Waals surface area contributed by atoms with Crippen molar-refractivity contribution in [3.8, 4) is 11.5 Å². The molecule has 2 aliphatic rings. The highest BCUT2D eigenvalue weighted by Gasteiger charge is 2.30. The van der Waals surface area contributed by atoms with Crippen molar-refractivity contribution in [3.63, 3.8) is 0 Å². The standard InChI is InChI=1S/C24H27N3O3S2/c1-13-4-8-16-19(10-13)32-24-21(16)23(26-22(27-24)14-5-6-14)31-12-20(28)25-17-11-15(29-2)7-9-18(17)30-3/h7,9,11,13-14H,4-6,8,10,12H2,1-3H3,(H,25,28)/t13-/m1/s1. The van der Waals surface area contributed by atoms with Crippen molar-refractivity contribution in [1.82, 2.24) is 9.97 Å². The van der Waals surface area contributed by atoms with E-state index in [1.807, 2.05) is 11.3 Å². The van der Waals surface area contributed by atoms with Crippen molar-refractivity contribution < 1.29 is 14.3 Å². The second kappa shape index (κ2) is 8.90. The Balaban J connectivity index is 1.40. The highest BCUT2D eigenvalue weighted by Crippen LogP contribution is 2.44. The normalized spacial score (nSPS) is 17.8. The Hall–Kier alpha value is -2.32. The zero-order valence-electron chi connectivity index (χ0n) is 18.6. The summed E-state index contributed by atoms with van der Waals surface area (Å²) in [7, 11) is 3.19. The molecule has 1 fully saturated rings. The van der Waals surface area contributed by atoms with Gasteiger partial charge in [-0.2, -0.15) is 0 Å². The molecular formula is C24H27N3O3S2. The van der Waals surface area contributed by atoms with Gasteiger partial charge in [0.2, 0.25) is 5.91 Å². The number of methoxy groups -OCH3 is 2. The molecule has 2 aliphatic carbocycles. The lowest BCUT2D eigenvalue weighted by molar-refractivity contribution is -0.113. The van der Waals surface area contributed by atoms with Crippen LogP contribution in [0.15, 0.2) is 23.2 Å². The third-order valence-corrected chi connectivity index (χ3v) is 8.23. The Morgan fingerprint density at radius 2 is 2.06 bits per heavy atom. The summed E-state index contributed by atoms with van der Waals surface area (Å²) in [6.07, 6.45) is 5.71. The minimum Gasteiger partial charge on any atom is -0.497 e. The third-order valence-electron chi connectivity index (χ3n) is 6.10. The summed E-state index contributed by atoms with van der Waals surface area (Å²) >= 11 is 3.34. The number of carbonyl (C=O) groups excluding carboxylic acids is 1. The van der Waals surface area contributed by atoms with Crippen molar-refractivity contribution >= 4 is 44.9 Å². The van der Waals surface area contributed by atoms with E-state index in [1.54, 1.807) is 32.4 Å². The summed E-state index contributed by atoms with van der Waals surface area (Å²) in [5.74, 6) is 3.58. The van der Waals surface area contributed by atoms with Crippen LogP contribution < -0.4 is 14.8 Å². The maximum absolute atomic E-state index is 12.8. The Bertz CT molecular complexity index is 1170. The first-order chi connectivity index (χ1) is 15.6. The molecule has 5 rings (SSSR count). The van der Waals surface area contributed by atoms with Crippen molar-refractivity contribution in [1.29, 1.82) is 0 Å². The van der Waals surface area contributed by atoms with E-state index in [4.69, 9.17) is 19.4 Å². The van der Waals surface area contributed by atoms with E-state index in [9.17, 15) is 4.79 Å². The number of amides is 1. The molecule has 32 heavy (non-hydrogen) atoms. The molecule has 6 nitrogen and oxygen atoms in total. The second-order valence-electron chi connectivity index (χ2n) is 8.60. The van der Waals surface area contributed by atoms with Gasteiger partial charge in [0, 0.05) is 22.2 Å². The van der Waals surface area contributed by atoms with Gasteiger partial charge in [0.05, 0.1) is 25.7 Å². The fourth-order valence-electron chi connectivity index (χ4n) is 4.19. The first kappa shape index (κ1) is 21.5. The smallest absolute Gasteiger partial charge is 0.234 e. The van der Waals surface area contributed by atoms with Crippen molar-refractivity contribution in [3.05, 3.63) is 34.5 Å². The van der Waals surface area contributed by atoms with Crippen molar-refractivity contribution in [2.75, 3.05) is 25.3 Å². The van der Waals surface area contributed by atoms with Gasteiger partial charge in [-0.1, -0.05) is 18.7 Å². The number of rotatable bonds is 7. The maximum atomic E-state index is 12.8. The molecule has 8 heteroatoms.